The van der Waals surface area contributed by atoms with Gasteiger partial charge >= 0.3 is 11.8 Å². The molecule has 0 aromatic heterocycles. The fourth-order valence-electron chi connectivity index (χ4n) is 0.899. The molecule has 0 fully saturated rings. The minimum atomic E-state index is -0.969. The number of nitrogens with two attached hydrogens (primary N) is 1. The van der Waals surface area contributed by atoms with Gasteiger partial charge in [0.15, 0.2) is 0 Å². The minimum Gasteiger partial charge on any atom is -0.361 e. The highest BCUT2D eigenvalue weighted by Crippen LogP contribution is 2.22. The fourth-order valence-corrected chi connectivity index (χ4v) is 2.51. The molecule has 1 aromatic rings. The normalized spacial score (nSPS) is 9.81. The molecule has 86 valence electrons. The Labute approximate surface area is 102 Å². The summed E-state index contributed by atoms with van der Waals surface area (Å²) in [5.74, 6) is -0.992. The molecule has 0 aliphatic carbocycles. The maximum absolute atomic E-state index is 10.8. The molecule has 6 heteroatoms. The first kappa shape index (κ1) is 12.9. The van der Waals surface area contributed by atoms with Crippen LogP contribution in [0.15, 0.2) is 24.3 Å². The number of carbonyl (C=O) groups excluding carboxylic acids is 2. The zero-order valence-corrected chi connectivity index (χ0v) is 10.4. The minimum absolute atomic E-state index is 0.754. The van der Waals surface area contributed by atoms with Crippen LogP contribution in [0.4, 0.5) is 0 Å². The number of hydrogen-bond acceptors (Lipinski definition) is 4. The van der Waals surface area contributed by atoms with Crippen LogP contribution in [0.2, 0.25) is 0 Å². The van der Waals surface area contributed by atoms with Crippen molar-refractivity contribution >= 4 is 33.6 Å². The van der Waals surface area contributed by atoms with E-state index in [9.17, 15) is 9.59 Å². The highest BCUT2D eigenvalue weighted by Gasteiger charge is 2.07. The van der Waals surface area contributed by atoms with Gasteiger partial charge < -0.3 is 5.73 Å². The molecule has 0 saturated heterocycles. The highest BCUT2D eigenvalue weighted by molar-refractivity contribution is 8.75. The summed E-state index contributed by atoms with van der Waals surface area (Å²) in [5.41, 5.74) is 7.15. The van der Waals surface area contributed by atoms with E-state index in [0.29, 0.717) is 0 Å². The first-order valence-corrected chi connectivity index (χ1v) is 6.85. The van der Waals surface area contributed by atoms with E-state index in [2.05, 4.69) is 4.72 Å². The molecule has 0 saturated carbocycles. The second-order valence-electron chi connectivity index (χ2n) is 3.13. The van der Waals surface area contributed by atoms with Crippen LogP contribution in [-0.4, -0.2) is 11.8 Å². The van der Waals surface area contributed by atoms with E-state index in [0.717, 1.165) is 22.3 Å². The van der Waals surface area contributed by atoms with Crippen LogP contribution >= 0.6 is 21.8 Å². The number of primary amides is 1. The zero-order valence-electron chi connectivity index (χ0n) is 8.73. The first-order valence-electron chi connectivity index (χ1n) is 4.53. The topological polar surface area (TPSA) is 72.2 Å². The van der Waals surface area contributed by atoms with Crippen molar-refractivity contribution in [3.63, 3.8) is 0 Å². The standard InChI is InChI=1S/C10H12N2O2S2/c1-7-2-4-8(5-3-7)6-15-16-12-10(14)9(11)13/h2-5H,6H2,1H3,(H2,11,13)(H,12,14). The molecule has 1 rings (SSSR count). The number of aryl methyl sites for hydroxylation is 1. The molecule has 0 spiro atoms. The monoisotopic (exact) mass is 256 g/mol. The lowest BCUT2D eigenvalue weighted by atomic mass is 10.2. The third-order valence-electron chi connectivity index (χ3n) is 1.76. The zero-order chi connectivity index (χ0) is 12.0. The van der Waals surface area contributed by atoms with Crippen molar-refractivity contribution in [2.24, 2.45) is 5.73 Å². The predicted octanol–water partition coefficient (Wildman–Crippen LogP) is 1.39. The highest BCUT2D eigenvalue weighted by atomic mass is 33.1. The Morgan fingerprint density at radius 1 is 1.31 bits per heavy atom. The molecule has 16 heavy (non-hydrogen) atoms. The molecule has 3 N–H and O–H groups in total. The second kappa shape index (κ2) is 6.44. The van der Waals surface area contributed by atoms with Gasteiger partial charge in [-0.2, -0.15) is 0 Å². The van der Waals surface area contributed by atoms with Crippen LogP contribution in [0.25, 0.3) is 0 Å². The maximum Gasteiger partial charge on any atom is 0.319 e. The average Bonchev–Trinajstić information content (AvgIpc) is 2.26. The van der Waals surface area contributed by atoms with E-state index in [-0.39, 0.29) is 0 Å². The van der Waals surface area contributed by atoms with Crippen molar-refractivity contribution in [2.45, 2.75) is 12.7 Å². The Bertz CT molecular complexity index is 379. The van der Waals surface area contributed by atoms with Gasteiger partial charge in [-0.15, -0.1) is 0 Å². The van der Waals surface area contributed by atoms with Gasteiger partial charge in [0.05, 0.1) is 0 Å². The summed E-state index contributed by atoms with van der Waals surface area (Å²) in [5, 5.41) is 0. The van der Waals surface area contributed by atoms with Gasteiger partial charge in [0.1, 0.15) is 0 Å². The summed E-state index contributed by atoms with van der Waals surface area (Å²) in [6.45, 7) is 2.03. The van der Waals surface area contributed by atoms with Crippen molar-refractivity contribution in [1.82, 2.24) is 4.72 Å². The molecule has 0 atom stereocenters. The summed E-state index contributed by atoms with van der Waals surface area (Å²) < 4.78 is 2.33. The van der Waals surface area contributed by atoms with E-state index in [1.54, 1.807) is 0 Å². The Kier molecular flexibility index (Phi) is 5.21. The maximum atomic E-state index is 10.8. The van der Waals surface area contributed by atoms with E-state index in [1.807, 2.05) is 31.2 Å². The number of hydrogen-bond donors (Lipinski definition) is 2. The lowest BCUT2D eigenvalue weighted by molar-refractivity contribution is -0.136. The summed E-state index contributed by atoms with van der Waals surface area (Å²) in [4.78, 5) is 21.2. The average molecular weight is 256 g/mol. The molecular formula is C10H12N2O2S2. The van der Waals surface area contributed by atoms with Gasteiger partial charge in [0.2, 0.25) is 0 Å². The smallest absolute Gasteiger partial charge is 0.319 e. The molecule has 0 bridgehead atoms. The quantitative estimate of drug-likeness (QED) is 0.369. The van der Waals surface area contributed by atoms with Crippen molar-refractivity contribution in [2.75, 3.05) is 0 Å². The lowest BCUT2D eigenvalue weighted by Gasteiger charge is -2.02. The number of amides is 2. The molecule has 0 aliphatic heterocycles. The van der Waals surface area contributed by atoms with Gasteiger partial charge in [-0.3, -0.25) is 14.3 Å². The summed E-state index contributed by atoms with van der Waals surface area (Å²) in [7, 11) is 2.54. The SMILES string of the molecule is Cc1ccc(CSSNC(=O)C(N)=O)cc1. The molecule has 0 unspecified atom stereocenters. The lowest BCUT2D eigenvalue weighted by Crippen LogP contribution is -2.31. The molecule has 0 radical (unpaired) electrons. The number of carbonyl (C=O) groups is 2. The van der Waals surface area contributed by atoms with Gasteiger partial charge in [-0.1, -0.05) is 40.6 Å². The Morgan fingerprint density at radius 3 is 2.50 bits per heavy atom. The van der Waals surface area contributed by atoms with E-state index >= 15 is 0 Å². The molecule has 2 amide bonds. The Balaban J connectivity index is 2.23. The number of nitrogens with one attached hydrogen (secondary N) is 1. The van der Waals surface area contributed by atoms with Crippen LogP contribution in [0.1, 0.15) is 11.1 Å². The van der Waals surface area contributed by atoms with Crippen LogP contribution in [-0.2, 0) is 15.3 Å². The van der Waals surface area contributed by atoms with Gasteiger partial charge in [0, 0.05) is 16.7 Å². The van der Waals surface area contributed by atoms with Gasteiger partial charge in [-0.05, 0) is 12.5 Å². The summed E-state index contributed by atoms with van der Waals surface area (Å²) in [6, 6.07) is 8.11. The molecule has 1 aromatic carbocycles. The largest absolute Gasteiger partial charge is 0.361 e. The molecule has 4 nitrogen and oxygen atoms in total. The molecule has 0 heterocycles. The van der Waals surface area contributed by atoms with Crippen LogP contribution < -0.4 is 10.5 Å². The number of rotatable bonds is 4. The fraction of sp³-hybridized carbons (Fsp3) is 0.200. The van der Waals surface area contributed by atoms with E-state index in [4.69, 9.17) is 5.73 Å². The van der Waals surface area contributed by atoms with Gasteiger partial charge in [-0.25, -0.2) is 0 Å². The summed E-state index contributed by atoms with van der Waals surface area (Å²) >= 11 is 0. The third-order valence-corrected chi connectivity index (χ3v) is 3.56. The molecule has 0 aliphatic rings. The van der Waals surface area contributed by atoms with Crippen molar-refractivity contribution in [3.05, 3.63) is 35.4 Å². The summed E-state index contributed by atoms with van der Waals surface area (Å²) in [6.07, 6.45) is 0. The van der Waals surface area contributed by atoms with Gasteiger partial charge in [0.25, 0.3) is 0 Å². The second-order valence-corrected chi connectivity index (χ2v) is 5.23. The van der Waals surface area contributed by atoms with E-state index < -0.39 is 11.8 Å². The van der Waals surface area contributed by atoms with Crippen molar-refractivity contribution in [3.8, 4) is 0 Å². The third kappa shape index (κ3) is 4.59. The first-order chi connectivity index (χ1) is 7.59. The van der Waals surface area contributed by atoms with Crippen LogP contribution in [0.3, 0.4) is 0 Å². The van der Waals surface area contributed by atoms with E-state index in [1.165, 1.54) is 16.4 Å². The van der Waals surface area contributed by atoms with Crippen molar-refractivity contribution in [1.29, 1.82) is 0 Å². The number of benzene rings is 1. The van der Waals surface area contributed by atoms with Crippen LogP contribution in [0, 0.1) is 6.92 Å². The van der Waals surface area contributed by atoms with Crippen molar-refractivity contribution < 1.29 is 9.59 Å². The Morgan fingerprint density at radius 2 is 1.94 bits per heavy atom. The molecular weight excluding hydrogens is 244 g/mol. The Hall–Kier alpha value is -1.14. The van der Waals surface area contributed by atoms with Crippen LogP contribution in [0.5, 0.6) is 0 Å². The predicted molar refractivity (Wildman–Crippen MR) is 67.4 cm³/mol.